The summed E-state index contributed by atoms with van der Waals surface area (Å²) in [5, 5.41) is 9.87. The zero-order valence-corrected chi connectivity index (χ0v) is 10.6. The van der Waals surface area contributed by atoms with Gasteiger partial charge in [0.1, 0.15) is 5.82 Å². The van der Waals surface area contributed by atoms with Gasteiger partial charge >= 0.3 is 6.18 Å². The molecule has 0 bridgehead atoms. The van der Waals surface area contributed by atoms with E-state index in [1.807, 2.05) is 0 Å². The van der Waals surface area contributed by atoms with Gasteiger partial charge in [-0.3, -0.25) is 0 Å². The number of halogens is 5. The third-order valence-corrected chi connectivity index (χ3v) is 2.54. The molecule has 0 saturated carbocycles. The molecule has 1 N–H and O–H groups in total. The van der Waals surface area contributed by atoms with Gasteiger partial charge in [-0.1, -0.05) is 23.2 Å². The number of pyridine rings is 1. The minimum absolute atomic E-state index is 0.0334. The van der Waals surface area contributed by atoms with Crippen LogP contribution in [0.5, 0.6) is 0 Å². The van der Waals surface area contributed by atoms with Crippen LogP contribution >= 0.6 is 23.2 Å². The van der Waals surface area contributed by atoms with Crippen LogP contribution in [0.4, 0.5) is 24.7 Å². The van der Waals surface area contributed by atoms with E-state index in [0.717, 1.165) is 6.07 Å². The van der Waals surface area contributed by atoms with E-state index in [1.54, 1.807) is 0 Å². The van der Waals surface area contributed by atoms with Crippen LogP contribution in [-0.4, -0.2) is 15.2 Å². The average Bonchev–Trinajstić information content (AvgIpc) is 2.33. The Morgan fingerprint density at radius 2 is 1.84 bits per heavy atom. The molecule has 19 heavy (non-hydrogen) atoms. The molecule has 0 amide bonds. The van der Waals surface area contributed by atoms with Crippen LogP contribution in [0.15, 0.2) is 24.4 Å². The predicted octanol–water partition coefficient (Wildman–Crippen LogP) is 3.94. The monoisotopic (exact) mass is 308 g/mol. The smallest absolute Gasteiger partial charge is 0.338 e. The molecule has 2 aromatic rings. The highest BCUT2D eigenvalue weighted by Gasteiger charge is 2.30. The Labute approximate surface area is 115 Å². The van der Waals surface area contributed by atoms with Crippen molar-refractivity contribution >= 4 is 34.7 Å². The van der Waals surface area contributed by atoms with Crippen molar-refractivity contribution in [3.8, 4) is 0 Å². The maximum atomic E-state index is 12.3. The van der Waals surface area contributed by atoms with Crippen molar-refractivity contribution in [2.75, 3.05) is 5.32 Å². The molecule has 0 radical (unpaired) electrons. The topological polar surface area (TPSA) is 50.7 Å². The Kier molecular flexibility index (Phi) is 3.77. The fourth-order valence-electron chi connectivity index (χ4n) is 1.21. The van der Waals surface area contributed by atoms with Gasteiger partial charge < -0.3 is 5.32 Å². The van der Waals surface area contributed by atoms with Crippen molar-refractivity contribution in [3.63, 3.8) is 0 Å². The van der Waals surface area contributed by atoms with E-state index in [9.17, 15) is 13.2 Å². The van der Waals surface area contributed by atoms with Gasteiger partial charge in [-0.05, 0) is 12.1 Å². The summed E-state index contributed by atoms with van der Waals surface area (Å²) in [5.74, 6) is 0.180. The molecular formula is C10H5Cl2F3N4. The van der Waals surface area contributed by atoms with Gasteiger partial charge in [-0.15, -0.1) is 10.2 Å². The van der Waals surface area contributed by atoms with E-state index < -0.39 is 11.7 Å². The second kappa shape index (κ2) is 5.18. The van der Waals surface area contributed by atoms with Crippen LogP contribution in [-0.2, 0) is 6.18 Å². The zero-order valence-electron chi connectivity index (χ0n) is 9.04. The number of aromatic nitrogens is 3. The number of rotatable bonds is 2. The molecule has 0 atom stereocenters. The molecule has 0 saturated heterocycles. The van der Waals surface area contributed by atoms with Gasteiger partial charge in [-0.25, -0.2) is 4.98 Å². The summed E-state index contributed by atoms with van der Waals surface area (Å²) in [4.78, 5) is 3.63. The predicted molar refractivity (Wildman–Crippen MR) is 64.6 cm³/mol. The summed E-state index contributed by atoms with van der Waals surface area (Å²) >= 11 is 11.4. The highest BCUT2D eigenvalue weighted by molar-refractivity contribution is 6.33. The number of hydrogen-bond donors (Lipinski definition) is 1. The molecule has 0 aromatic carbocycles. The molecule has 9 heteroatoms. The van der Waals surface area contributed by atoms with Crippen molar-refractivity contribution in [3.05, 3.63) is 40.3 Å². The van der Waals surface area contributed by atoms with Crippen molar-refractivity contribution in [1.29, 1.82) is 0 Å². The van der Waals surface area contributed by atoms with Gasteiger partial charge in [0.2, 0.25) is 0 Å². The van der Waals surface area contributed by atoms with Crippen molar-refractivity contribution in [1.82, 2.24) is 15.2 Å². The fourth-order valence-corrected chi connectivity index (χ4v) is 1.50. The first-order valence-corrected chi connectivity index (χ1v) is 5.61. The highest BCUT2D eigenvalue weighted by atomic mass is 35.5. The zero-order chi connectivity index (χ0) is 14.0. The van der Waals surface area contributed by atoms with Gasteiger partial charge in [0, 0.05) is 12.3 Å². The number of nitrogens with zero attached hydrogens (tertiary/aromatic N) is 3. The van der Waals surface area contributed by atoms with E-state index in [4.69, 9.17) is 23.2 Å². The van der Waals surface area contributed by atoms with E-state index in [1.165, 1.54) is 12.1 Å². The molecule has 100 valence electrons. The number of nitrogens with one attached hydrogen (secondary N) is 1. The SMILES string of the molecule is FC(F)(F)c1ccc(Nc2cc(Cl)nnc2Cl)nc1. The number of alkyl halides is 3. The molecule has 0 aliphatic carbocycles. The molecule has 0 aliphatic heterocycles. The second-order valence-corrected chi connectivity index (χ2v) is 4.17. The van der Waals surface area contributed by atoms with Crippen LogP contribution in [0, 0.1) is 0 Å². The second-order valence-electron chi connectivity index (χ2n) is 3.43. The Hall–Kier alpha value is -1.60. The number of anilines is 2. The summed E-state index contributed by atoms with van der Waals surface area (Å²) in [5.41, 5.74) is -0.538. The maximum absolute atomic E-state index is 12.3. The lowest BCUT2D eigenvalue weighted by atomic mass is 10.3. The molecule has 4 nitrogen and oxygen atoms in total. The normalized spacial score (nSPS) is 11.4. The quantitative estimate of drug-likeness (QED) is 0.913. The highest BCUT2D eigenvalue weighted by Crippen LogP contribution is 2.30. The summed E-state index contributed by atoms with van der Waals surface area (Å²) in [6.07, 6.45) is -3.71. The lowest BCUT2D eigenvalue weighted by Crippen LogP contribution is -2.06. The molecule has 2 heterocycles. The average molecular weight is 309 g/mol. The van der Waals surface area contributed by atoms with Crippen LogP contribution < -0.4 is 5.32 Å². The van der Waals surface area contributed by atoms with Crippen molar-refractivity contribution in [2.24, 2.45) is 0 Å². The lowest BCUT2D eigenvalue weighted by Gasteiger charge is -2.09. The van der Waals surface area contributed by atoms with Crippen molar-refractivity contribution in [2.45, 2.75) is 6.18 Å². The summed E-state index contributed by atoms with van der Waals surface area (Å²) in [6.45, 7) is 0. The Bertz CT molecular complexity index is 586. The first-order chi connectivity index (χ1) is 8.86. The van der Waals surface area contributed by atoms with Crippen LogP contribution in [0.3, 0.4) is 0 Å². The largest absolute Gasteiger partial charge is 0.417 e. The van der Waals surface area contributed by atoms with Crippen LogP contribution in [0.1, 0.15) is 5.56 Å². The minimum Gasteiger partial charge on any atom is -0.338 e. The summed E-state index contributed by atoms with van der Waals surface area (Å²) in [6, 6.07) is 3.46. The Balaban J connectivity index is 2.22. The third kappa shape index (κ3) is 3.45. The lowest BCUT2D eigenvalue weighted by molar-refractivity contribution is -0.137. The molecule has 0 unspecified atom stereocenters. The van der Waals surface area contributed by atoms with Gasteiger partial charge in [0.25, 0.3) is 0 Å². The van der Waals surface area contributed by atoms with Gasteiger partial charge in [0.15, 0.2) is 10.3 Å². The minimum atomic E-state index is -4.43. The fraction of sp³-hybridized carbons (Fsp3) is 0.100. The molecule has 0 fully saturated rings. The third-order valence-electron chi connectivity index (χ3n) is 2.07. The molecular weight excluding hydrogens is 304 g/mol. The Morgan fingerprint density at radius 1 is 1.11 bits per heavy atom. The standard InChI is InChI=1S/C10H5Cl2F3N4/c11-7-3-6(9(12)19-18-7)17-8-2-1-5(4-16-8)10(13,14)15/h1-4H,(H,16,17,18). The van der Waals surface area contributed by atoms with E-state index in [0.29, 0.717) is 11.9 Å². The van der Waals surface area contributed by atoms with E-state index in [-0.39, 0.29) is 16.1 Å². The van der Waals surface area contributed by atoms with Crippen LogP contribution in [0.25, 0.3) is 0 Å². The first-order valence-electron chi connectivity index (χ1n) is 4.85. The van der Waals surface area contributed by atoms with E-state index in [2.05, 4.69) is 20.5 Å². The first kappa shape index (κ1) is 13.8. The Morgan fingerprint density at radius 3 is 2.42 bits per heavy atom. The van der Waals surface area contributed by atoms with Gasteiger partial charge in [0.05, 0.1) is 11.3 Å². The van der Waals surface area contributed by atoms with Crippen molar-refractivity contribution < 1.29 is 13.2 Å². The number of hydrogen-bond acceptors (Lipinski definition) is 4. The maximum Gasteiger partial charge on any atom is 0.417 e. The molecule has 2 rings (SSSR count). The molecule has 0 aliphatic rings. The summed E-state index contributed by atoms with van der Waals surface area (Å²) < 4.78 is 37.0. The summed E-state index contributed by atoms with van der Waals surface area (Å²) in [7, 11) is 0. The molecule has 0 spiro atoms. The molecule has 2 aromatic heterocycles. The van der Waals surface area contributed by atoms with Gasteiger partial charge in [-0.2, -0.15) is 13.2 Å². The van der Waals surface area contributed by atoms with Crippen LogP contribution in [0.2, 0.25) is 10.3 Å². The van der Waals surface area contributed by atoms with E-state index >= 15 is 0 Å².